The molecule has 0 saturated heterocycles. The highest BCUT2D eigenvalue weighted by molar-refractivity contribution is 8.02. The number of H-pyrrole nitrogens is 1. The van der Waals surface area contributed by atoms with E-state index in [2.05, 4.69) is 24.0 Å². The van der Waals surface area contributed by atoms with Crippen molar-refractivity contribution < 1.29 is 19.1 Å². The number of hydrogen-bond acceptors (Lipinski definition) is 8. The molecule has 1 unspecified atom stereocenters. The Morgan fingerprint density at radius 1 is 0.707 bits per heavy atom. The van der Waals surface area contributed by atoms with Crippen LogP contribution in [0.1, 0.15) is 162 Å². The van der Waals surface area contributed by atoms with E-state index in [0.29, 0.717) is 21.5 Å². The van der Waals surface area contributed by atoms with Crippen molar-refractivity contribution in [3.05, 3.63) is 3.95 Å². The molecule has 0 aliphatic heterocycles. The normalized spacial score (nSPS) is 12.0. The standard InChI is InChI=1S/C32H58N2O4S3/c1-3-5-7-9-11-13-15-17-19-21-23-25-37-29(35)27-28(40-32-34-33-31(39)41-32)30(36)38-26-24-22-20-18-16-14-12-10-8-6-4-2/h28H,3-27H2,1-2H3,(H,33,39). The van der Waals surface area contributed by atoms with E-state index in [9.17, 15) is 9.59 Å². The first-order valence-corrected chi connectivity index (χ1v) is 18.7. The molecule has 0 spiro atoms. The lowest BCUT2D eigenvalue weighted by atomic mass is 10.1. The van der Waals surface area contributed by atoms with Gasteiger partial charge in [0.2, 0.25) is 0 Å². The monoisotopic (exact) mass is 630 g/mol. The van der Waals surface area contributed by atoms with Gasteiger partial charge in [-0.15, -0.1) is 0 Å². The minimum Gasteiger partial charge on any atom is -0.466 e. The number of aromatic nitrogens is 2. The van der Waals surface area contributed by atoms with Gasteiger partial charge in [-0.1, -0.05) is 165 Å². The topological polar surface area (TPSA) is 81.3 Å². The average molecular weight is 631 g/mol. The summed E-state index contributed by atoms with van der Waals surface area (Å²) in [5.74, 6) is -0.741. The van der Waals surface area contributed by atoms with Crippen molar-refractivity contribution >= 4 is 47.3 Å². The third-order valence-electron chi connectivity index (χ3n) is 7.28. The van der Waals surface area contributed by atoms with Gasteiger partial charge < -0.3 is 9.47 Å². The SMILES string of the molecule is CCCCCCCCCCCCCOC(=O)CC(Sc1n[nH]c(=S)s1)C(=O)OCCCCCCCCCCCCC. The highest BCUT2D eigenvalue weighted by Gasteiger charge is 2.27. The molecule has 1 N–H and O–H groups in total. The van der Waals surface area contributed by atoms with E-state index in [1.54, 1.807) is 0 Å². The molecule has 1 atom stereocenters. The van der Waals surface area contributed by atoms with Crippen LogP contribution in [0.5, 0.6) is 0 Å². The van der Waals surface area contributed by atoms with Gasteiger partial charge in [0.15, 0.2) is 8.29 Å². The van der Waals surface area contributed by atoms with Crippen molar-refractivity contribution in [3.63, 3.8) is 0 Å². The summed E-state index contributed by atoms with van der Waals surface area (Å²) in [6, 6.07) is 0. The van der Waals surface area contributed by atoms with Gasteiger partial charge in [-0.2, -0.15) is 5.10 Å². The summed E-state index contributed by atoms with van der Waals surface area (Å²) in [5.41, 5.74) is 0. The summed E-state index contributed by atoms with van der Waals surface area (Å²) >= 11 is 7.64. The third kappa shape index (κ3) is 23.2. The predicted octanol–water partition coefficient (Wildman–Crippen LogP) is 10.8. The molecule has 0 bridgehead atoms. The molecular formula is C32H58N2O4S3. The van der Waals surface area contributed by atoms with Crippen LogP contribution in [0.3, 0.4) is 0 Å². The summed E-state index contributed by atoms with van der Waals surface area (Å²) < 4.78 is 12.2. The van der Waals surface area contributed by atoms with E-state index in [-0.39, 0.29) is 18.4 Å². The molecule has 1 aromatic rings. The van der Waals surface area contributed by atoms with Gasteiger partial charge in [0.05, 0.1) is 19.6 Å². The van der Waals surface area contributed by atoms with E-state index in [1.807, 2.05) is 0 Å². The summed E-state index contributed by atoms with van der Waals surface area (Å²) in [7, 11) is 0. The molecule has 41 heavy (non-hydrogen) atoms. The Morgan fingerprint density at radius 2 is 1.12 bits per heavy atom. The van der Waals surface area contributed by atoms with Gasteiger partial charge in [0.1, 0.15) is 5.25 Å². The van der Waals surface area contributed by atoms with Crippen LogP contribution in [-0.4, -0.2) is 40.6 Å². The van der Waals surface area contributed by atoms with Crippen LogP contribution < -0.4 is 0 Å². The Labute approximate surface area is 263 Å². The fourth-order valence-electron chi connectivity index (χ4n) is 4.76. The molecule has 0 aliphatic rings. The quantitative estimate of drug-likeness (QED) is 0.0408. The first-order chi connectivity index (χ1) is 20.1. The number of carbonyl (C=O) groups is 2. The second-order valence-corrected chi connectivity index (χ2v) is 14.3. The van der Waals surface area contributed by atoms with Gasteiger partial charge in [-0.25, -0.2) is 0 Å². The van der Waals surface area contributed by atoms with Crippen LogP contribution >= 0.6 is 35.3 Å². The zero-order valence-corrected chi connectivity index (χ0v) is 28.5. The maximum Gasteiger partial charge on any atom is 0.320 e. The molecule has 238 valence electrons. The molecule has 0 amide bonds. The van der Waals surface area contributed by atoms with Gasteiger partial charge >= 0.3 is 11.9 Å². The van der Waals surface area contributed by atoms with Crippen LogP contribution in [0.25, 0.3) is 0 Å². The minimum atomic E-state index is -0.679. The fraction of sp³-hybridized carbons (Fsp3) is 0.875. The number of unbranched alkanes of at least 4 members (excludes halogenated alkanes) is 20. The first kappa shape index (κ1) is 38.1. The zero-order valence-electron chi connectivity index (χ0n) is 26.1. The maximum absolute atomic E-state index is 12.8. The highest BCUT2D eigenvalue weighted by atomic mass is 32.2. The van der Waals surface area contributed by atoms with Crippen molar-refractivity contribution in [2.24, 2.45) is 0 Å². The predicted molar refractivity (Wildman–Crippen MR) is 176 cm³/mol. The Balaban J connectivity index is 2.20. The van der Waals surface area contributed by atoms with Crippen molar-refractivity contribution in [1.29, 1.82) is 0 Å². The molecule has 0 radical (unpaired) electrons. The number of nitrogens with zero attached hydrogens (tertiary/aromatic N) is 1. The molecule has 0 saturated carbocycles. The zero-order chi connectivity index (χ0) is 29.8. The lowest BCUT2D eigenvalue weighted by molar-refractivity contribution is -0.149. The Kier molecular flexibility index (Phi) is 25.9. The number of aromatic amines is 1. The highest BCUT2D eigenvalue weighted by Crippen LogP contribution is 2.28. The Morgan fingerprint density at radius 3 is 1.54 bits per heavy atom. The van der Waals surface area contributed by atoms with Gasteiger partial charge in [-0.3, -0.25) is 14.7 Å². The van der Waals surface area contributed by atoms with Crippen LogP contribution in [0.15, 0.2) is 4.34 Å². The molecule has 9 heteroatoms. The van der Waals surface area contributed by atoms with Crippen LogP contribution in [0, 0.1) is 3.95 Å². The molecule has 1 rings (SSSR count). The van der Waals surface area contributed by atoms with Gasteiger partial charge in [0, 0.05) is 0 Å². The Hall–Kier alpha value is -0.930. The molecule has 0 aromatic carbocycles. The largest absolute Gasteiger partial charge is 0.466 e. The van der Waals surface area contributed by atoms with E-state index in [4.69, 9.17) is 21.7 Å². The lowest BCUT2D eigenvalue weighted by Crippen LogP contribution is -2.25. The first-order valence-electron chi connectivity index (χ1n) is 16.6. The number of hydrogen-bond donors (Lipinski definition) is 1. The summed E-state index contributed by atoms with van der Waals surface area (Å²) in [6.45, 7) is 5.30. The molecule has 6 nitrogen and oxygen atoms in total. The molecule has 0 fully saturated rings. The second kappa shape index (κ2) is 27.9. The van der Waals surface area contributed by atoms with E-state index in [1.165, 1.54) is 139 Å². The van der Waals surface area contributed by atoms with Gasteiger partial charge in [0.25, 0.3) is 0 Å². The fourth-order valence-corrected chi connectivity index (χ4v) is 7.05. The molecule has 1 aromatic heterocycles. The van der Waals surface area contributed by atoms with Crippen molar-refractivity contribution in [1.82, 2.24) is 10.2 Å². The number of thioether (sulfide) groups is 1. The number of carbonyl (C=O) groups excluding carboxylic acids is 2. The summed E-state index contributed by atoms with van der Waals surface area (Å²) in [4.78, 5) is 25.4. The summed E-state index contributed by atoms with van der Waals surface area (Å²) in [6.07, 6.45) is 27.4. The number of nitrogens with one attached hydrogen (secondary N) is 1. The Bertz CT molecular complexity index is 815. The van der Waals surface area contributed by atoms with E-state index >= 15 is 0 Å². The van der Waals surface area contributed by atoms with Crippen LogP contribution in [-0.2, 0) is 19.1 Å². The number of rotatable bonds is 29. The lowest BCUT2D eigenvalue weighted by Gasteiger charge is -2.14. The maximum atomic E-state index is 12.8. The second-order valence-electron chi connectivity index (χ2n) is 11.1. The molecule has 0 aliphatic carbocycles. The minimum absolute atomic E-state index is 0.0217. The average Bonchev–Trinajstić information content (AvgIpc) is 3.38. The van der Waals surface area contributed by atoms with E-state index in [0.717, 1.165) is 25.7 Å². The van der Waals surface area contributed by atoms with Crippen molar-refractivity contribution in [3.8, 4) is 0 Å². The van der Waals surface area contributed by atoms with Crippen LogP contribution in [0.2, 0.25) is 0 Å². The van der Waals surface area contributed by atoms with Crippen molar-refractivity contribution in [2.45, 2.75) is 171 Å². The smallest absolute Gasteiger partial charge is 0.320 e. The van der Waals surface area contributed by atoms with Crippen LogP contribution in [0.4, 0.5) is 0 Å². The van der Waals surface area contributed by atoms with Gasteiger partial charge in [-0.05, 0) is 25.1 Å². The third-order valence-corrected chi connectivity index (χ3v) is 9.64. The van der Waals surface area contributed by atoms with Crippen molar-refractivity contribution in [2.75, 3.05) is 13.2 Å². The number of ether oxygens (including phenoxy) is 2. The number of esters is 2. The summed E-state index contributed by atoms with van der Waals surface area (Å²) in [5, 5.41) is 6.19. The molecular weight excluding hydrogens is 573 g/mol. The molecule has 1 heterocycles. The van der Waals surface area contributed by atoms with E-state index < -0.39 is 5.25 Å².